The number of hydrogen-bond acceptors (Lipinski definition) is 6. The molecule has 0 aromatic carbocycles. The van der Waals surface area contributed by atoms with Gasteiger partial charge >= 0.3 is 0 Å². The largest absolute Gasteiger partial charge is 0.373 e. The summed E-state index contributed by atoms with van der Waals surface area (Å²) in [4.78, 5) is 11.0. The quantitative estimate of drug-likeness (QED) is 0.706. The smallest absolute Gasteiger partial charge is 0.131 e. The van der Waals surface area contributed by atoms with E-state index in [1.807, 2.05) is 20.0 Å². The molecule has 1 aliphatic heterocycles. The molecular weight excluding hydrogens is 228 g/mol. The predicted octanol–water partition coefficient (Wildman–Crippen LogP) is 0.142. The molecule has 0 aliphatic carbocycles. The maximum absolute atomic E-state index is 4.38. The van der Waals surface area contributed by atoms with Crippen molar-refractivity contribution in [2.75, 3.05) is 50.9 Å². The van der Waals surface area contributed by atoms with E-state index < -0.39 is 0 Å². The lowest BCUT2D eigenvalue weighted by molar-refractivity contribution is 0.244. The second-order valence-corrected chi connectivity index (χ2v) is 4.73. The number of piperazine rings is 1. The van der Waals surface area contributed by atoms with Crippen molar-refractivity contribution in [1.29, 1.82) is 0 Å². The van der Waals surface area contributed by atoms with Gasteiger partial charge in [0.1, 0.15) is 17.5 Å². The van der Waals surface area contributed by atoms with Gasteiger partial charge in [-0.25, -0.2) is 9.97 Å². The van der Waals surface area contributed by atoms with Gasteiger partial charge in [-0.15, -0.1) is 0 Å². The Morgan fingerprint density at radius 2 is 2.22 bits per heavy atom. The monoisotopic (exact) mass is 250 g/mol. The maximum atomic E-state index is 4.38. The summed E-state index contributed by atoms with van der Waals surface area (Å²) in [5, 5.41) is 9.91. The van der Waals surface area contributed by atoms with Crippen LogP contribution in [0, 0.1) is 6.92 Å². The van der Waals surface area contributed by atoms with Crippen molar-refractivity contribution in [2.45, 2.75) is 13.0 Å². The topological polar surface area (TPSA) is 65.1 Å². The van der Waals surface area contributed by atoms with Crippen LogP contribution in [-0.2, 0) is 0 Å². The van der Waals surface area contributed by atoms with Crippen LogP contribution in [0.5, 0.6) is 0 Å². The van der Waals surface area contributed by atoms with Crippen LogP contribution in [-0.4, -0.2) is 61.2 Å². The van der Waals surface area contributed by atoms with Gasteiger partial charge < -0.3 is 20.9 Å². The zero-order valence-corrected chi connectivity index (χ0v) is 11.3. The van der Waals surface area contributed by atoms with E-state index in [0.717, 1.165) is 43.6 Å². The number of aryl methyl sites for hydroxylation is 1. The highest BCUT2D eigenvalue weighted by Gasteiger charge is 2.16. The van der Waals surface area contributed by atoms with Crippen LogP contribution in [0.4, 0.5) is 11.6 Å². The lowest BCUT2D eigenvalue weighted by Crippen LogP contribution is -2.51. The van der Waals surface area contributed by atoms with Crippen LogP contribution in [0.2, 0.25) is 0 Å². The number of aromatic nitrogens is 2. The van der Waals surface area contributed by atoms with Crippen molar-refractivity contribution in [1.82, 2.24) is 20.2 Å². The molecule has 1 aromatic heterocycles. The van der Waals surface area contributed by atoms with Gasteiger partial charge in [-0.2, -0.15) is 0 Å². The summed E-state index contributed by atoms with van der Waals surface area (Å²) in [6.45, 7) is 6.01. The van der Waals surface area contributed by atoms with Crippen molar-refractivity contribution in [3.05, 3.63) is 11.9 Å². The Morgan fingerprint density at radius 1 is 1.44 bits per heavy atom. The average molecular weight is 250 g/mol. The summed E-state index contributed by atoms with van der Waals surface area (Å²) in [6.07, 6.45) is 0. The first-order valence-electron chi connectivity index (χ1n) is 6.36. The van der Waals surface area contributed by atoms with Crippen molar-refractivity contribution in [2.24, 2.45) is 0 Å². The van der Waals surface area contributed by atoms with Crippen molar-refractivity contribution in [3.8, 4) is 0 Å². The lowest BCUT2D eigenvalue weighted by atomic mass is 10.2. The average Bonchev–Trinajstić information content (AvgIpc) is 2.36. The highest BCUT2D eigenvalue weighted by molar-refractivity contribution is 5.47. The van der Waals surface area contributed by atoms with Crippen molar-refractivity contribution >= 4 is 11.6 Å². The second kappa shape index (κ2) is 5.97. The first-order valence-corrected chi connectivity index (χ1v) is 6.36. The molecule has 1 unspecified atom stereocenters. The molecule has 1 atom stereocenters. The Hall–Kier alpha value is -1.40. The molecule has 0 saturated carbocycles. The van der Waals surface area contributed by atoms with Gasteiger partial charge in [-0.1, -0.05) is 0 Å². The Kier molecular flexibility index (Phi) is 4.33. The second-order valence-electron chi connectivity index (χ2n) is 4.73. The van der Waals surface area contributed by atoms with Gasteiger partial charge in [0, 0.05) is 45.3 Å². The molecule has 1 aromatic rings. The summed E-state index contributed by atoms with van der Waals surface area (Å²) < 4.78 is 0. The number of hydrogen-bond donors (Lipinski definition) is 3. The Balaban J connectivity index is 1.91. The van der Waals surface area contributed by atoms with Gasteiger partial charge in [0.2, 0.25) is 0 Å². The molecular formula is C12H22N6. The van der Waals surface area contributed by atoms with E-state index >= 15 is 0 Å². The fourth-order valence-electron chi connectivity index (χ4n) is 2.14. The van der Waals surface area contributed by atoms with E-state index in [1.165, 1.54) is 0 Å². The molecule has 1 fully saturated rings. The van der Waals surface area contributed by atoms with Gasteiger partial charge in [-0.3, -0.25) is 0 Å². The standard InChI is InChI=1S/C12H22N6/c1-9-16-11(13-2)6-12(17-9)15-7-10-8-18(3)5-4-14-10/h6,10,14H,4-5,7-8H2,1-3H3,(H2,13,15,16,17). The van der Waals surface area contributed by atoms with E-state index in [9.17, 15) is 0 Å². The van der Waals surface area contributed by atoms with Crippen LogP contribution in [0.25, 0.3) is 0 Å². The molecule has 18 heavy (non-hydrogen) atoms. The molecule has 2 rings (SSSR count). The van der Waals surface area contributed by atoms with E-state index in [1.54, 1.807) is 0 Å². The summed E-state index contributed by atoms with van der Waals surface area (Å²) in [5.74, 6) is 2.50. The summed E-state index contributed by atoms with van der Waals surface area (Å²) in [6, 6.07) is 2.40. The summed E-state index contributed by atoms with van der Waals surface area (Å²) in [7, 11) is 4.02. The minimum absolute atomic E-state index is 0.469. The number of likely N-dealkylation sites (N-methyl/N-ethyl adjacent to an activating group) is 1. The zero-order valence-electron chi connectivity index (χ0n) is 11.3. The number of nitrogens with one attached hydrogen (secondary N) is 3. The summed E-state index contributed by atoms with van der Waals surface area (Å²) >= 11 is 0. The Morgan fingerprint density at radius 3 is 2.94 bits per heavy atom. The van der Waals surface area contributed by atoms with Crippen LogP contribution in [0.15, 0.2) is 6.07 Å². The molecule has 2 heterocycles. The SMILES string of the molecule is CNc1cc(NCC2CN(C)CCN2)nc(C)n1. The maximum Gasteiger partial charge on any atom is 0.131 e. The third-order valence-corrected chi connectivity index (χ3v) is 3.08. The molecule has 6 nitrogen and oxygen atoms in total. The third kappa shape index (κ3) is 3.54. The van der Waals surface area contributed by atoms with Crippen LogP contribution in [0.3, 0.4) is 0 Å². The number of rotatable bonds is 4. The molecule has 100 valence electrons. The molecule has 1 saturated heterocycles. The van der Waals surface area contributed by atoms with Crippen LogP contribution < -0.4 is 16.0 Å². The first kappa shape index (κ1) is 13.0. The highest BCUT2D eigenvalue weighted by Crippen LogP contribution is 2.10. The molecule has 6 heteroatoms. The molecule has 0 amide bonds. The van der Waals surface area contributed by atoms with Crippen molar-refractivity contribution in [3.63, 3.8) is 0 Å². The van der Waals surface area contributed by atoms with Crippen LogP contribution in [0.1, 0.15) is 5.82 Å². The first-order chi connectivity index (χ1) is 8.67. The molecule has 0 spiro atoms. The highest BCUT2D eigenvalue weighted by atomic mass is 15.2. The van der Waals surface area contributed by atoms with Gasteiger partial charge in [0.25, 0.3) is 0 Å². The summed E-state index contributed by atoms with van der Waals surface area (Å²) in [5.41, 5.74) is 0. The van der Waals surface area contributed by atoms with E-state index in [4.69, 9.17) is 0 Å². The molecule has 0 radical (unpaired) electrons. The number of nitrogens with zero attached hydrogens (tertiary/aromatic N) is 3. The normalized spacial score (nSPS) is 20.7. The van der Waals surface area contributed by atoms with Crippen molar-refractivity contribution < 1.29 is 0 Å². The number of anilines is 2. The lowest BCUT2D eigenvalue weighted by Gasteiger charge is -2.31. The van der Waals surface area contributed by atoms with E-state index in [2.05, 4.69) is 37.9 Å². The third-order valence-electron chi connectivity index (χ3n) is 3.08. The van der Waals surface area contributed by atoms with Gasteiger partial charge in [0.05, 0.1) is 0 Å². The minimum atomic E-state index is 0.469. The van der Waals surface area contributed by atoms with E-state index in [-0.39, 0.29) is 0 Å². The molecule has 3 N–H and O–H groups in total. The minimum Gasteiger partial charge on any atom is -0.373 e. The predicted molar refractivity (Wildman–Crippen MR) is 74.1 cm³/mol. The fourth-order valence-corrected chi connectivity index (χ4v) is 2.14. The van der Waals surface area contributed by atoms with E-state index in [0.29, 0.717) is 6.04 Å². The van der Waals surface area contributed by atoms with Gasteiger partial charge in [-0.05, 0) is 14.0 Å². The van der Waals surface area contributed by atoms with Gasteiger partial charge in [0.15, 0.2) is 0 Å². The Bertz CT molecular complexity index is 394. The Labute approximate surface area is 108 Å². The zero-order chi connectivity index (χ0) is 13.0. The molecule has 0 bridgehead atoms. The fraction of sp³-hybridized carbons (Fsp3) is 0.667. The molecule has 1 aliphatic rings. The van der Waals surface area contributed by atoms with Crippen LogP contribution >= 0.6 is 0 Å².